The maximum atomic E-state index is 13.2. The lowest BCUT2D eigenvalue weighted by Gasteiger charge is -2.30. The summed E-state index contributed by atoms with van der Waals surface area (Å²) in [6.45, 7) is 3.15. The van der Waals surface area contributed by atoms with Gasteiger partial charge in [0.15, 0.2) is 0 Å². The van der Waals surface area contributed by atoms with Crippen LogP contribution in [0.25, 0.3) is 11.1 Å². The first-order valence-electron chi connectivity index (χ1n) is 12.1. The average Bonchev–Trinajstić information content (AvgIpc) is 3.49. The molecule has 2 amide bonds. The van der Waals surface area contributed by atoms with Crippen LogP contribution in [-0.4, -0.2) is 53.7 Å². The van der Waals surface area contributed by atoms with Gasteiger partial charge in [-0.25, -0.2) is 4.79 Å². The van der Waals surface area contributed by atoms with E-state index in [0.29, 0.717) is 25.9 Å². The molecule has 2 N–H and O–H groups in total. The van der Waals surface area contributed by atoms with Crippen molar-refractivity contribution in [3.63, 3.8) is 0 Å². The number of nitrogens with zero attached hydrogens (tertiary/aromatic N) is 1. The Morgan fingerprint density at radius 2 is 1.71 bits per heavy atom. The third-order valence-electron chi connectivity index (χ3n) is 7.60. The maximum Gasteiger partial charge on any atom is 0.407 e. The van der Waals surface area contributed by atoms with Crippen LogP contribution in [0.4, 0.5) is 4.79 Å². The van der Waals surface area contributed by atoms with E-state index in [0.717, 1.165) is 28.7 Å². The van der Waals surface area contributed by atoms with Crippen LogP contribution < -0.4 is 5.32 Å². The summed E-state index contributed by atoms with van der Waals surface area (Å²) in [5, 5.41) is 12.1. The fourth-order valence-corrected chi connectivity index (χ4v) is 5.85. The lowest BCUT2D eigenvalue weighted by atomic mass is 9.98. The van der Waals surface area contributed by atoms with E-state index in [1.54, 1.807) is 4.90 Å². The van der Waals surface area contributed by atoms with Gasteiger partial charge in [0, 0.05) is 19.0 Å². The first kappa shape index (κ1) is 22.4. The van der Waals surface area contributed by atoms with Crippen LogP contribution in [0.5, 0.6) is 0 Å². The summed E-state index contributed by atoms with van der Waals surface area (Å²) in [4.78, 5) is 38.9. The van der Waals surface area contributed by atoms with Gasteiger partial charge in [-0.2, -0.15) is 0 Å². The fraction of sp³-hybridized carbons (Fsp3) is 0.444. The molecule has 0 spiro atoms. The molecule has 0 aromatic heterocycles. The number of ether oxygens (including phenoxy) is 1. The van der Waals surface area contributed by atoms with E-state index in [1.807, 2.05) is 31.2 Å². The van der Waals surface area contributed by atoms with Gasteiger partial charge in [0.25, 0.3) is 0 Å². The number of likely N-dealkylation sites (tertiary alicyclic amines) is 1. The molecule has 1 aliphatic heterocycles. The van der Waals surface area contributed by atoms with Crippen molar-refractivity contribution in [3.05, 3.63) is 59.7 Å². The molecule has 7 nitrogen and oxygen atoms in total. The van der Waals surface area contributed by atoms with Crippen LogP contribution >= 0.6 is 0 Å². The van der Waals surface area contributed by atoms with E-state index in [9.17, 15) is 19.5 Å². The van der Waals surface area contributed by atoms with Crippen molar-refractivity contribution >= 4 is 18.0 Å². The molecule has 2 fully saturated rings. The Balaban J connectivity index is 1.21. The summed E-state index contributed by atoms with van der Waals surface area (Å²) in [5.41, 5.74) is 4.60. The normalized spacial score (nSPS) is 23.3. The Bertz CT molecular complexity index is 1070. The number of benzene rings is 2. The molecule has 5 rings (SSSR count). The van der Waals surface area contributed by atoms with Gasteiger partial charge in [0.05, 0.1) is 5.92 Å². The number of carbonyl (C=O) groups excluding carboxylic acids is 2. The van der Waals surface area contributed by atoms with Crippen molar-refractivity contribution < 1.29 is 24.2 Å². The number of piperidine rings is 1. The molecular weight excluding hydrogens is 432 g/mol. The lowest BCUT2D eigenvalue weighted by molar-refractivity contribution is -0.139. The standard InChI is InChI=1S/C27H30N2O5/c1-2-7-23(25(30)29-13-12-20-21(14-29)24(20)26(31)32)28-27(33)34-15-22-18-10-5-3-8-16(18)17-9-4-6-11-19(17)22/h3-6,8-11,20-24H,2,7,12-15H2,1H3,(H,28,33)(H,31,32)/t20-,21+,23-,24?/m1/s1. The van der Waals surface area contributed by atoms with Gasteiger partial charge < -0.3 is 20.1 Å². The minimum Gasteiger partial charge on any atom is -0.481 e. The van der Waals surface area contributed by atoms with Gasteiger partial charge in [0.1, 0.15) is 12.6 Å². The van der Waals surface area contributed by atoms with Gasteiger partial charge >= 0.3 is 12.1 Å². The average molecular weight is 463 g/mol. The monoisotopic (exact) mass is 462 g/mol. The molecular formula is C27H30N2O5. The van der Waals surface area contributed by atoms with Gasteiger partial charge in [-0.1, -0.05) is 61.9 Å². The molecule has 2 aromatic rings. The molecule has 3 aliphatic rings. The van der Waals surface area contributed by atoms with Crippen molar-refractivity contribution in [2.45, 2.75) is 38.1 Å². The SMILES string of the molecule is CCC[C@@H](NC(=O)OCC1c2ccccc2-c2ccccc21)C(=O)N1CC[C@H]2C(C(=O)O)[C@H]2C1. The largest absolute Gasteiger partial charge is 0.481 e. The van der Waals surface area contributed by atoms with E-state index in [2.05, 4.69) is 29.6 Å². The van der Waals surface area contributed by atoms with Crippen LogP contribution in [0.2, 0.25) is 0 Å². The Morgan fingerprint density at radius 1 is 1.06 bits per heavy atom. The predicted molar refractivity (Wildman–Crippen MR) is 126 cm³/mol. The number of amides is 2. The molecule has 0 radical (unpaired) electrons. The zero-order valence-electron chi connectivity index (χ0n) is 19.3. The van der Waals surface area contributed by atoms with Crippen molar-refractivity contribution in [1.82, 2.24) is 10.2 Å². The van der Waals surface area contributed by atoms with E-state index in [-0.39, 0.29) is 36.2 Å². The lowest BCUT2D eigenvalue weighted by Crippen LogP contribution is -2.50. The Hall–Kier alpha value is -3.35. The highest BCUT2D eigenvalue weighted by atomic mass is 16.5. The molecule has 2 aromatic carbocycles. The second-order valence-electron chi connectivity index (χ2n) is 9.58. The first-order chi connectivity index (χ1) is 16.5. The van der Waals surface area contributed by atoms with Crippen molar-refractivity contribution in [3.8, 4) is 11.1 Å². The van der Waals surface area contributed by atoms with E-state index < -0.39 is 18.1 Å². The topological polar surface area (TPSA) is 95.9 Å². The molecule has 1 saturated heterocycles. The number of carboxylic acid groups (broad SMARTS) is 1. The number of alkyl carbamates (subject to hydrolysis) is 1. The summed E-state index contributed by atoms with van der Waals surface area (Å²) in [5.74, 6) is -1.08. The molecule has 1 heterocycles. The molecule has 178 valence electrons. The summed E-state index contributed by atoms with van der Waals surface area (Å²) < 4.78 is 5.63. The Labute approximate surface area is 199 Å². The zero-order chi connectivity index (χ0) is 23.8. The van der Waals surface area contributed by atoms with Gasteiger partial charge in [-0.3, -0.25) is 9.59 Å². The second kappa shape index (κ2) is 9.12. The van der Waals surface area contributed by atoms with E-state index in [4.69, 9.17) is 4.74 Å². The van der Waals surface area contributed by atoms with Gasteiger partial charge in [-0.05, 0) is 46.9 Å². The van der Waals surface area contributed by atoms with Crippen LogP contribution in [0.15, 0.2) is 48.5 Å². The smallest absolute Gasteiger partial charge is 0.407 e. The molecule has 2 aliphatic carbocycles. The number of hydrogen-bond donors (Lipinski definition) is 2. The van der Waals surface area contributed by atoms with Crippen LogP contribution in [0, 0.1) is 17.8 Å². The van der Waals surface area contributed by atoms with Crippen LogP contribution in [-0.2, 0) is 14.3 Å². The molecule has 7 heteroatoms. The van der Waals surface area contributed by atoms with Crippen molar-refractivity contribution in [1.29, 1.82) is 0 Å². The van der Waals surface area contributed by atoms with Gasteiger partial charge in [0.2, 0.25) is 5.91 Å². The number of carboxylic acids is 1. The summed E-state index contributed by atoms with van der Waals surface area (Å²) >= 11 is 0. The number of fused-ring (bicyclic) bond motifs is 4. The minimum atomic E-state index is -0.772. The number of nitrogens with one attached hydrogen (secondary N) is 1. The summed E-state index contributed by atoms with van der Waals surface area (Å²) in [6.07, 6.45) is 1.35. The third-order valence-corrected chi connectivity index (χ3v) is 7.60. The zero-order valence-corrected chi connectivity index (χ0v) is 19.3. The quantitative estimate of drug-likeness (QED) is 0.651. The van der Waals surface area contributed by atoms with E-state index >= 15 is 0 Å². The molecule has 1 unspecified atom stereocenters. The highest BCUT2D eigenvalue weighted by Gasteiger charge is 2.57. The van der Waals surface area contributed by atoms with Crippen LogP contribution in [0.3, 0.4) is 0 Å². The van der Waals surface area contributed by atoms with Crippen molar-refractivity contribution in [2.75, 3.05) is 19.7 Å². The third kappa shape index (κ3) is 4.04. The van der Waals surface area contributed by atoms with Crippen LogP contribution in [0.1, 0.15) is 43.2 Å². The minimum absolute atomic E-state index is 0.0342. The number of hydrogen-bond acceptors (Lipinski definition) is 4. The molecule has 34 heavy (non-hydrogen) atoms. The first-order valence-corrected chi connectivity index (χ1v) is 12.1. The fourth-order valence-electron chi connectivity index (χ4n) is 5.85. The number of aliphatic carboxylic acids is 1. The van der Waals surface area contributed by atoms with E-state index in [1.165, 1.54) is 0 Å². The Kier molecular flexibility index (Phi) is 6.02. The van der Waals surface area contributed by atoms with Gasteiger partial charge in [-0.15, -0.1) is 0 Å². The second-order valence-corrected chi connectivity index (χ2v) is 9.58. The summed E-state index contributed by atoms with van der Waals surface area (Å²) in [7, 11) is 0. The summed E-state index contributed by atoms with van der Waals surface area (Å²) in [6, 6.07) is 15.6. The van der Waals surface area contributed by atoms with Crippen molar-refractivity contribution in [2.24, 2.45) is 17.8 Å². The number of carbonyl (C=O) groups is 3. The number of rotatable bonds is 7. The Morgan fingerprint density at radius 3 is 2.32 bits per heavy atom. The maximum absolute atomic E-state index is 13.2. The predicted octanol–water partition coefficient (Wildman–Crippen LogP) is 3.87. The highest BCUT2D eigenvalue weighted by molar-refractivity contribution is 5.86. The molecule has 4 atom stereocenters. The molecule has 0 bridgehead atoms. The molecule has 1 saturated carbocycles. The highest BCUT2D eigenvalue weighted by Crippen LogP contribution is 2.51.